The average molecular weight is 309 g/mol. The quantitative estimate of drug-likeness (QED) is 0.870. The van der Waals surface area contributed by atoms with E-state index in [4.69, 9.17) is 5.73 Å². The molecule has 94 valence electrons. The molecule has 3 rings (SSSR count). The summed E-state index contributed by atoms with van der Waals surface area (Å²) in [5, 5.41) is 7.14. The Balaban J connectivity index is 1.88. The van der Waals surface area contributed by atoms with E-state index >= 15 is 0 Å². The second-order valence-corrected chi connectivity index (χ2v) is 5.17. The van der Waals surface area contributed by atoms with Gasteiger partial charge >= 0.3 is 0 Å². The van der Waals surface area contributed by atoms with Crippen LogP contribution in [-0.2, 0) is 0 Å². The van der Waals surface area contributed by atoms with Gasteiger partial charge in [-0.15, -0.1) is 5.10 Å². The SMILES string of the molecule is NC1CCN(c2n[nH]c(-c3ncccc3Br)n2)C1. The Morgan fingerprint density at radius 2 is 2.39 bits per heavy atom. The van der Waals surface area contributed by atoms with Gasteiger partial charge in [0, 0.05) is 29.8 Å². The Labute approximate surface area is 113 Å². The molecule has 7 heteroatoms. The molecule has 0 bridgehead atoms. The summed E-state index contributed by atoms with van der Waals surface area (Å²) in [5.74, 6) is 1.36. The van der Waals surface area contributed by atoms with Crippen molar-refractivity contribution >= 4 is 21.9 Å². The molecule has 3 heterocycles. The highest BCUT2D eigenvalue weighted by molar-refractivity contribution is 9.10. The highest BCUT2D eigenvalue weighted by Crippen LogP contribution is 2.24. The van der Waals surface area contributed by atoms with Crippen LogP contribution in [0.1, 0.15) is 6.42 Å². The maximum Gasteiger partial charge on any atom is 0.245 e. The molecule has 1 fully saturated rings. The van der Waals surface area contributed by atoms with Crippen LogP contribution in [0.25, 0.3) is 11.5 Å². The van der Waals surface area contributed by atoms with Gasteiger partial charge in [-0.05, 0) is 34.5 Å². The van der Waals surface area contributed by atoms with Crippen LogP contribution in [0.15, 0.2) is 22.8 Å². The Hall–Kier alpha value is -1.47. The fourth-order valence-corrected chi connectivity index (χ4v) is 2.47. The fourth-order valence-electron chi connectivity index (χ4n) is 2.03. The first-order valence-corrected chi connectivity index (χ1v) is 6.57. The first-order valence-electron chi connectivity index (χ1n) is 5.78. The van der Waals surface area contributed by atoms with E-state index in [0.29, 0.717) is 11.8 Å². The predicted octanol–water partition coefficient (Wildman–Crippen LogP) is 1.17. The molecule has 3 N–H and O–H groups in total. The van der Waals surface area contributed by atoms with E-state index in [1.807, 2.05) is 12.1 Å². The molecule has 1 aliphatic rings. The molecule has 2 aromatic rings. The Morgan fingerprint density at radius 1 is 1.50 bits per heavy atom. The Kier molecular flexibility index (Phi) is 3.00. The number of aromatic nitrogens is 4. The van der Waals surface area contributed by atoms with E-state index in [1.54, 1.807) is 6.20 Å². The molecular weight excluding hydrogens is 296 g/mol. The number of pyridine rings is 1. The zero-order chi connectivity index (χ0) is 12.5. The van der Waals surface area contributed by atoms with E-state index in [1.165, 1.54) is 0 Å². The first kappa shape index (κ1) is 11.6. The van der Waals surface area contributed by atoms with Gasteiger partial charge in [-0.25, -0.2) is 0 Å². The maximum absolute atomic E-state index is 5.88. The third kappa shape index (κ3) is 2.11. The Bertz CT molecular complexity index is 554. The van der Waals surface area contributed by atoms with Gasteiger partial charge < -0.3 is 10.6 Å². The fraction of sp³-hybridized carbons (Fsp3) is 0.364. The van der Waals surface area contributed by atoms with Crippen molar-refractivity contribution in [2.75, 3.05) is 18.0 Å². The minimum absolute atomic E-state index is 0.216. The topological polar surface area (TPSA) is 83.7 Å². The first-order chi connectivity index (χ1) is 8.74. The summed E-state index contributed by atoms with van der Waals surface area (Å²) in [6, 6.07) is 4.01. The van der Waals surface area contributed by atoms with Crippen LogP contribution in [0.2, 0.25) is 0 Å². The molecule has 0 aliphatic carbocycles. The number of nitrogens with one attached hydrogen (secondary N) is 1. The lowest BCUT2D eigenvalue weighted by Gasteiger charge is -2.11. The molecular formula is C11H13BrN6. The lowest BCUT2D eigenvalue weighted by Crippen LogP contribution is -2.26. The summed E-state index contributed by atoms with van der Waals surface area (Å²) in [6.07, 6.45) is 2.71. The summed E-state index contributed by atoms with van der Waals surface area (Å²) in [6.45, 7) is 1.71. The van der Waals surface area contributed by atoms with Crippen molar-refractivity contribution in [3.05, 3.63) is 22.8 Å². The maximum atomic E-state index is 5.88. The average Bonchev–Trinajstić information content (AvgIpc) is 2.98. The van der Waals surface area contributed by atoms with Gasteiger partial charge in [0.15, 0.2) is 5.82 Å². The molecule has 1 unspecified atom stereocenters. The van der Waals surface area contributed by atoms with Gasteiger partial charge in [0.1, 0.15) is 5.69 Å². The van der Waals surface area contributed by atoms with E-state index in [-0.39, 0.29) is 6.04 Å². The van der Waals surface area contributed by atoms with Gasteiger partial charge in [0.05, 0.1) is 0 Å². The second kappa shape index (κ2) is 4.66. The minimum atomic E-state index is 0.216. The van der Waals surface area contributed by atoms with E-state index < -0.39 is 0 Å². The molecule has 1 atom stereocenters. The lowest BCUT2D eigenvalue weighted by atomic mass is 10.3. The van der Waals surface area contributed by atoms with Crippen molar-refractivity contribution in [2.45, 2.75) is 12.5 Å². The van der Waals surface area contributed by atoms with Crippen LogP contribution < -0.4 is 10.6 Å². The summed E-state index contributed by atoms with van der Waals surface area (Å²) in [7, 11) is 0. The third-order valence-corrected chi connectivity index (χ3v) is 3.60. The smallest absolute Gasteiger partial charge is 0.245 e. The van der Waals surface area contributed by atoms with E-state index in [2.05, 4.69) is 41.0 Å². The number of hydrogen-bond acceptors (Lipinski definition) is 5. The van der Waals surface area contributed by atoms with Crippen molar-refractivity contribution in [1.29, 1.82) is 0 Å². The number of aromatic amines is 1. The highest BCUT2D eigenvalue weighted by atomic mass is 79.9. The summed E-state index contributed by atoms with van der Waals surface area (Å²) in [5.41, 5.74) is 6.64. The monoisotopic (exact) mass is 308 g/mol. The van der Waals surface area contributed by atoms with Crippen LogP contribution in [0.3, 0.4) is 0 Å². The molecule has 0 aromatic carbocycles. The van der Waals surface area contributed by atoms with E-state index in [9.17, 15) is 0 Å². The van der Waals surface area contributed by atoms with Gasteiger partial charge in [0.25, 0.3) is 0 Å². The molecule has 2 aromatic heterocycles. The van der Waals surface area contributed by atoms with Crippen LogP contribution in [0.5, 0.6) is 0 Å². The van der Waals surface area contributed by atoms with Gasteiger partial charge in [0.2, 0.25) is 5.95 Å². The number of rotatable bonds is 2. The van der Waals surface area contributed by atoms with Crippen molar-refractivity contribution in [3.8, 4) is 11.5 Å². The molecule has 6 nitrogen and oxygen atoms in total. The summed E-state index contributed by atoms with van der Waals surface area (Å²) < 4.78 is 0.894. The molecule has 0 saturated carbocycles. The largest absolute Gasteiger partial charge is 0.338 e. The van der Waals surface area contributed by atoms with Crippen LogP contribution >= 0.6 is 15.9 Å². The second-order valence-electron chi connectivity index (χ2n) is 4.31. The van der Waals surface area contributed by atoms with Crippen LogP contribution in [-0.4, -0.2) is 39.3 Å². The lowest BCUT2D eigenvalue weighted by molar-refractivity contribution is 0.750. The summed E-state index contributed by atoms with van der Waals surface area (Å²) in [4.78, 5) is 10.8. The minimum Gasteiger partial charge on any atom is -0.338 e. The van der Waals surface area contributed by atoms with Crippen molar-refractivity contribution in [1.82, 2.24) is 20.2 Å². The molecule has 0 amide bonds. The van der Waals surface area contributed by atoms with Crippen molar-refractivity contribution in [3.63, 3.8) is 0 Å². The standard InChI is InChI=1S/C11H13BrN6/c12-8-2-1-4-14-9(8)10-15-11(17-16-10)18-5-3-7(13)6-18/h1-2,4,7H,3,5-6,13H2,(H,15,16,17). The normalized spacial score (nSPS) is 19.4. The van der Waals surface area contributed by atoms with Crippen molar-refractivity contribution in [2.24, 2.45) is 5.73 Å². The molecule has 1 aliphatic heterocycles. The number of nitrogens with two attached hydrogens (primary N) is 1. The third-order valence-electron chi connectivity index (χ3n) is 2.96. The van der Waals surface area contributed by atoms with Crippen molar-refractivity contribution < 1.29 is 0 Å². The van der Waals surface area contributed by atoms with Gasteiger partial charge in [-0.1, -0.05) is 0 Å². The van der Waals surface area contributed by atoms with E-state index in [0.717, 1.165) is 29.7 Å². The molecule has 18 heavy (non-hydrogen) atoms. The van der Waals surface area contributed by atoms with Crippen LogP contribution in [0, 0.1) is 0 Å². The predicted molar refractivity (Wildman–Crippen MR) is 72.1 cm³/mol. The number of nitrogens with zero attached hydrogens (tertiary/aromatic N) is 4. The number of halogens is 1. The number of anilines is 1. The van der Waals surface area contributed by atoms with Crippen LogP contribution in [0.4, 0.5) is 5.95 Å². The summed E-state index contributed by atoms with van der Waals surface area (Å²) >= 11 is 3.45. The molecule has 0 radical (unpaired) electrons. The Morgan fingerprint density at radius 3 is 3.11 bits per heavy atom. The molecule has 0 spiro atoms. The zero-order valence-corrected chi connectivity index (χ0v) is 11.3. The number of hydrogen-bond donors (Lipinski definition) is 2. The zero-order valence-electron chi connectivity index (χ0n) is 9.67. The molecule has 1 saturated heterocycles. The highest BCUT2D eigenvalue weighted by Gasteiger charge is 2.23. The van der Waals surface area contributed by atoms with Gasteiger partial charge in [-0.3, -0.25) is 10.1 Å². The van der Waals surface area contributed by atoms with Gasteiger partial charge in [-0.2, -0.15) is 4.98 Å². The number of H-pyrrole nitrogens is 1.